The molecule has 1 aliphatic rings. The van der Waals surface area contributed by atoms with E-state index in [2.05, 4.69) is 0 Å². The molecule has 1 N–H and O–H groups in total. The van der Waals surface area contributed by atoms with Crippen molar-refractivity contribution in [1.29, 1.82) is 0 Å². The maximum atomic E-state index is 14.0. The van der Waals surface area contributed by atoms with Crippen molar-refractivity contribution in [3.63, 3.8) is 0 Å². The second kappa shape index (κ2) is 9.82. The first kappa shape index (κ1) is 23.3. The maximum Gasteiger partial charge on any atom is 0.295 e. The number of hydrogen-bond acceptors (Lipinski definition) is 6. The number of aliphatic hydroxyl groups is 1. The predicted molar refractivity (Wildman–Crippen MR) is 118 cm³/mol. The zero-order valence-electron chi connectivity index (χ0n) is 18.6. The highest BCUT2D eigenvalue weighted by atomic mass is 19.1. The first-order chi connectivity index (χ1) is 15.3. The summed E-state index contributed by atoms with van der Waals surface area (Å²) in [5, 5.41) is 11.2. The molecule has 8 heteroatoms. The van der Waals surface area contributed by atoms with Crippen LogP contribution in [0.15, 0.2) is 48.0 Å². The molecule has 2 aromatic carbocycles. The third-order valence-corrected chi connectivity index (χ3v) is 5.37. The Kier molecular flexibility index (Phi) is 7.15. The minimum absolute atomic E-state index is 0.103. The Labute approximate surface area is 186 Å². The minimum Gasteiger partial charge on any atom is -0.507 e. The van der Waals surface area contributed by atoms with E-state index in [9.17, 15) is 19.1 Å². The molecule has 0 radical (unpaired) electrons. The summed E-state index contributed by atoms with van der Waals surface area (Å²) < 4.78 is 24.6. The molecule has 32 heavy (non-hydrogen) atoms. The van der Waals surface area contributed by atoms with Crippen molar-refractivity contribution in [2.45, 2.75) is 12.5 Å². The van der Waals surface area contributed by atoms with Crippen LogP contribution in [-0.2, 0) is 9.59 Å². The third kappa shape index (κ3) is 4.60. The van der Waals surface area contributed by atoms with Gasteiger partial charge in [-0.3, -0.25) is 9.59 Å². The molecule has 1 amide bonds. The van der Waals surface area contributed by atoms with E-state index < -0.39 is 23.5 Å². The Balaban J connectivity index is 2.15. The van der Waals surface area contributed by atoms with Crippen LogP contribution in [0.2, 0.25) is 0 Å². The number of nitrogens with zero attached hydrogens (tertiary/aromatic N) is 2. The molecule has 0 aromatic heterocycles. The lowest BCUT2D eigenvalue weighted by Gasteiger charge is -2.26. The number of Topliss-reactive ketones (excluding diaryl/α,β-unsaturated/α-hetero) is 1. The quantitative estimate of drug-likeness (QED) is 0.384. The SMILES string of the molecule is COc1ccc(/C(O)=C2\C(=O)C(=O)N(CCCN(C)C)C2c2cccc(F)c2)c(OC)c1. The lowest BCUT2D eigenvalue weighted by atomic mass is 9.95. The first-order valence-corrected chi connectivity index (χ1v) is 10.2. The van der Waals surface area contributed by atoms with E-state index in [0.717, 1.165) is 0 Å². The summed E-state index contributed by atoms with van der Waals surface area (Å²) in [4.78, 5) is 29.3. The van der Waals surface area contributed by atoms with E-state index in [1.165, 1.54) is 37.3 Å². The van der Waals surface area contributed by atoms with Crippen molar-refractivity contribution in [3.05, 3.63) is 65.0 Å². The molecule has 1 heterocycles. The van der Waals surface area contributed by atoms with Gasteiger partial charge in [0.1, 0.15) is 23.1 Å². The second-order valence-electron chi connectivity index (χ2n) is 7.77. The Bertz CT molecular complexity index is 1050. The average Bonchev–Trinajstić information content (AvgIpc) is 3.03. The lowest BCUT2D eigenvalue weighted by molar-refractivity contribution is -0.139. The van der Waals surface area contributed by atoms with E-state index in [1.54, 1.807) is 24.3 Å². The summed E-state index contributed by atoms with van der Waals surface area (Å²) in [6.07, 6.45) is 0.609. The predicted octanol–water partition coefficient (Wildman–Crippen LogP) is 3.22. The number of aliphatic hydroxyl groups excluding tert-OH is 1. The molecule has 1 fully saturated rings. The molecule has 0 bridgehead atoms. The van der Waals surface area contributed by atoms with E-state index in [-0.39, 0.29) is 29.2 Å². The molecule has 170 valence electrons. The molecule has 1 aliphatic heterocycles. The number of amides is 1. The summed E-state index contributed by atoms with van der Waals surface area (Å²) in [6.45, 7) is 0.978. The lowest BCUT2D eigenvalue weighted by Crippen LogP contribution is -2.32. The van der Waals surface area contributed by atoms with Gasteiger partial charge in [0.2, 0.25) is 0 Å². The van der Waals surface area contributed by atoms with Crippen LogP contribution < -0.4 is 9.47 Å². The van der Waals surface area contributed by atoms with Crippen LogP contribution in [0.5, 0.6) is 11.5 Å². The normalized spacial score (nSPS) is 17.8. The number of methoxy groups -OCH3 is 2. The molecule has 0 saturated carbocycles. The summed E-state index contributed by atoms with van der Waals surface area (Å²) in [5.41, 5.74) is 0.540. The van der Waals surface area contributed by atoms with Gasteiger partial charge in [-0.15, -0.1) is 0 Å². The Hall–Kier alpha value is -3.39. The van der Waals surface area contributed by atoms with E-state index in [4.69, 9.17) is 9.47 Å². The molecule has 1 saturated heterocycles. The van der Waals surface area contributed by atoms with Gasteiger partial charge in [-0.1, -0.05) is 12.1 Å². The van der Waals surface area contributed by atoms with Crippen molar-refractivity contribution in [2.24, 2.45) is 0 Å². The molecule has 0 aliphatic carbocycles. The number of halogens is 1. The molecule has 2 aromatic rings. The zero-order chi connectivity index (χ0) is 23.4. The number of carbonyl (C=O) groups excluding carboxylic acids is 2. The van der Waals surface area contributed by atoms with Gasteiger partial charge in [0.15, 0.2) is 0 Å². The van der Waals surface area contributed by atoms with Crippen molar-refractivity contribution in [2.75, 3.05) is 41.4 Å². The molecular formula is C24H27FN2O5. The molecule has 0 spiro atoms. The number of likely N-dealkylation sites (tertiary alicyclic amines) is 1. The topological polar surface area (TPSA) is 79.3 Å². The van der Waals surface area contributed by atoms with Gasteiger partial charge in [-0.2, -0.15) is 0 Å². The zero-order valence-corrected chi connectivity index (χ0v) is 18.6. The van der Waals surface area contributed by atoms with E-state index >= 15 is 0 Å². The molecule has 7 nitrogen and oxygen atoms in total. The highest BCUT2D eigenvalue weighted by Crippen LogP contribution is 2.41. The second-order valence-corrected chi connectivity index (χ2v) is 7.77. The fourth-order valence-corrected chi connectivity index (χ4v) is 3.83. The van der Waals surface area contributed by atoms with Gasteiger partial charge < -0.3 is 24.4 Å². The molecular weight excluding hydrogens is 415 g/mol. The molecule has 3 rings (SSSR count). The summed E-state index contributed by atoms with van der Waals surface area (Å²) in [5.74, 6) is -1.65. The smallest absolute Gasteiger partial charge is 0.295 e. The van der Waals surface area contributed by atoms with Crippen LogP contribution in [0.3, 0.4) is 0 Å². The van der Waals surface area contributed by atoms with Gasteiger partial charge >= 0.3 is 0 Å². The fraction of sp³-hybridized carbons (Fsp3) is 0.333. The van der Waals surface area contributed by atoms with Crippen LogP contribution in [0.4, 0.5) is 4.39 Å². The van der Waals surface area contributed by atoms with Crippen molar-refractivity contribution in [3.8, 4) is 11.5 Å². The molecule has 1 atom stereocenters. The van der Waals surface area contributed by atoms with Gasteiger partial charge in [-0.25, -0.2) is 4.39 Å². The highest BCUT2D eigenvalue weighted by Gasteiger charge is 2.46. The van der Waals surface area contributed by atoms with Crippen molar-refractivity contribution in [1.82, 2.24) is 9.80 Å². The largest absolute Gasteiger partial charge is 0.507 e. The van der Waals surface area contributed by atoms with Gasteiger partial charge in [0, 0.05) is 12.6 Å². The van der Waals surface area contributed by atoms with Crippen molar-refractivity contribution >= 4 is 17.4 Å². The van der Waals surface area contributed by atoms with Gasteiger partial charge in [-0.05, 0) is 56.9 Å². The first-order valence-electron chi connectivity index (χ1n) is 10.2. The summed E-state index contributed by atoms with van der Waals surface area (Å²) in [7, 11) is 6.75. The monoisotopic (exact) mass is 442 g/mol. The van der Waals surface area contributed by atoms with Crippen LogP contribution in [-0.4, -0.2) is 68.0 Å². The maximum absolute atomic E-state index is 14.0. The van der Waals surface area contributed by atoms with Gasteiger partial charge in [0.25, 0.3) is 11.7 Å². The highest BCUT2D eigenvalue weighted by molar-refractivity contribution is 6.46. The fourth-order valence-electron chi connectivity index (χ4n) is 3.83. The van der Waals surface area contributed by atoms with E-state index in [1.807, 2.05) is 19.0 Å². The van der Waals surface area contributed by atoms with Crippen molar-refractivity contribution < 1.29 is 28.6 Å². The van der Waals surface area contributed by atoms with Crippen LogP contribution in [0, 0.1) is 5.82 Å². The Morgan fingerprint density at radius 3 is 2.50 bits per heavy atom. The Morgan fingerprint density at radius 1 is 1.12 bits per heavy atom. The minimum atomic E-state index is -0.917. The summed E-state index contributed by atoms with van der Waals surface area (Å²) in [6, 6.07) is 9.52. The average molecular weight is 442 g/mol. The number of ether oxygens (including phenoxy) is 2. The Morgan fingerprint density at radius 2 is 1.88 bits per heavy atom. The number of rotatable bonds is 8. The standard InChI is InChI=1S/C24H27FN2O5/c1-26(2)11-6-12-27-21(15-7-5-8-16(25)13-15)20(23(29)24(27)30)22(28)18-10-9-17(31-3)14-19(18)32-4/h5,7-10,13-14,21,28H,6,11-12H2,1-4H3/b22-20+. The van der Waals surface area contributed by atoms with Crippen LogP contribution >= 0.6 is 0 Å². The van der Waals surface area contributed by atoms with E-state index in [0.29, 0.717) is 24.3 Å². The number of carbonyl (C=O) groups is 2. The van der Waals surface area contributed by atoms with Crippen LogP contribution in [0.25, 0.3) is 5.76 Å². The van der Waals surface area contributed by atoms with Crippen LogP contribution in [0.1, 0.15) is 23.6 Å². The summed E-state index contributed by atoms with van der Waals surface area (Å²) >= 11 is 0. The molecule has 1 unspecified atom stereocenters. The number of ketones is 1. The van der Waals surface area contributed by atoms with Gasteiger partial charge in [0.05, 0.1) is 31.4 Å². The number of hydrogen-bond donors (Lipinski definition) is 1. The number of benzene rings is 2. The third-order valence-electron chi connectivity index (χ3n) is 5.37.